The molecule has 0 heterocycles. The molecule has 0 radical (unpaired) electrons. The Balaban J connectivity index is 2.56. The van der Waals surface area contributed by atoms with Gasteiger partial charge in [-0.15, -0.1) is 0 Å². The molecule has 4 heteroatoms. The summed E-state index contributed by atoms with van der Waals surface area (Å²) in [4.78, 5) is 13.6. The van der Waals surface area contributed by atoms with Gasteiger partial charge in [0.2, 0.25) is 5.91 Å². The topological polar surface area (TPSA) is 70.1 Å². The highest BCUT2D eigenvalue weighted by molar-refractivity contribution is 5.76. The fraction of sp³-hybridized carbons (Fsp3) is 0.467. The van der Waals surface area contributed by atoms with Gasteiger partial charge in [-0.3, -0.25) is 4.79 Å². The predicted octanol–water partition coefficient (Wildman–Crippen LogP) is 1.89. The quantitative estimate of drug-likeness (QED) is 0.877. The van der Waals surface area contributed by atoms with E-state index in [0.29, 0.717) is 24.4 Å². The zero-order valence-electron chi connectivity index (χ0n) is 11.8. The third kappa shape index (κ3) is 4.72. The lowest BCUT2D eigenvalue weighted by Crippen LogP contribution is -2.35. The number of hydrogen-bond donors (Lipinski definition) is 1. The molecule has 1 unspecified atom stereocenters. The average Bonchev–Trinajstić information content (AvgIpc) is 2.39. The van der Waals surface area contributed by atoms with Crippen molar-refractivity contribution in [2.24, 2.45) is 11.7 Å². The molecule has 19 heavy (non-hydrogen) atoms. The maximum atomic E-state index is 12.0. The summed E-state index contributed by atoms with van der Waals surface area (Å²) in [7, 11) is 1.77. The molecule has 0 bridgehead atoms. The third-order valence-corrected chi connectivity index (χ3v) is 3.20. The molecule has 0 saturated carbocycles. The molecule has 0 spiro atoms. The minimum absolute atomic E-state index is 0.0468. The molecule has 0 aromatic heterocycles. The minimum atomic E-state index is -0.101. The summed E-state index contributed by atoms with van der Waals surface area (Å²) in [6.45, 7) is 4.56. The van der Waals surface area contributed by atoms with Crippen molar-refractivity contribution in [2.75, 3.05) is 7.05 Å². The van der Waals surface area contributed by atoms with Crippen molar-refractivity contribution in [3.8, 4) is 6.07 Å². The van der Waals surface area contributed by atoms with Crippen molar-refractivity contribution in [3.63, 3.8) is 0 Å². The number of hydrogen-bond acceptors (Lipinski definition) is 3. The fourth-order valence-electron chi connectivity index (χ4n) is 1.64. The smallest absolute Gasteiger partial charge is 0.224 e. The van der Waals surface area contributed by atoms with Crippen LogP contribution in [0.15, 0.2) is 24.3 Å². The molecule has 2 N–H and O–H groups in total. The number of amides is 1. The van der Waals surface area contributed by atoms with Crippen molar-refractivity contribution in [2.45, 2.75) is 32.9 Å². The maximum Gasteiger partial charge on any atom is 0.224 e. The molecule has 0 aliphatic carbocycles. The van der Waals surface area contributed by atoms with Crippen molar-refractivity contribution in [1.82, 2.24) is 4.90 Å². The van der Waals surface area contributed by atoms with Crippen LogP contribution in [0, 0.1) is 17.2 Å². The van der Waals surface area contributed by atoms with E-state index >= 15 is 0 Å². The Kier molecular flexibility index (Phi) is 5.53. The van der Waals surface area contributed by atoms with Crippen LogP contribution < -0.4 is 5.73 Å². The predicted molar refractivity (Wildman–Crippen MR) is 75.1 cm³/mol. The molecule has 0 saturated heterocycles. The number of carbonyl (C=O) groups is 1. The van der Waals surface area contributed by atoms with Crippen LogP contribution in [0.2, 0.25) is 0 Å². The normalized spacial score (nSPS) is 12.0. The summed E-state index contributed by atoms with van der Waals surface area (Å²) in [5, 5.41) is 8.72. The van der Waals surface area contributed by atoms with Gasteiger partial charge in [0.05, 0.1) is 11.6 Å². The summed E-state index contributed by atoms with van der Waals surface area (Å²) >= 11 is 0. The molecule has 0 aliphatic heterocycles. The SMILES string of the molecule is CC(C)C(N)CC(=O)N(C)Cc1ccc(C#N)cc1. The fourth-order valence-corrected chi connectivity index (χ4v) is 1.64. The Labute approximate surface area is 114 Å². The summed E-state index contributed by atoms with van der Waals surface area (Å²) in [6.07, 6.45) is 0.366. The monoisotopic (exact) mass is 259 g/mol. The highest BCUT2D eigenvalue weighted by Gasteiger charge is 2.16. The van der Waals surface area contributed by atoms with E-state index in [2.05, 4.69) is 6.07 Å². The van der Waals surface area contributed by atoms with Gasteiger partial charge < -0.3 is 10.6 Å². The summed E-state index contributed by atoms with van der Waals surface area (Å²) in [6, 6.07) is 9.22. The van der Waals surface area contributed by atoms with E-state index in [1.165, 1.54) is 0 Å². The molecule has 102 valence electrons. The third-order valence-electron chi connectivity index (χ3n) is 3.20. The van der Waals surface area contributed by atoms with Gasteiger partial charge in [-0.25, -0.2) is 0 Å². The van der Waals surface area contributed by atoms with Gasteiger partial charge in [-0.2, -0.15) is 5.26 Å². The van der Waals surface area contributed by atoms with Crippen LogP contribution in [0.25, 0.3) is 0 Å². The van der Waals surface area contributed by atoms with E-state index in [4.69, 9.17) is 11.0 Å². The zero-order valence-corrected chi connectivity index (χ0v) is 11.8. The Morgan fingerprint density at radius 3 is 2.42 bits per heavy atom. The molecule has 0 aliphatic rings. The second-order valence-electron chi connectivity index (χ2n) is 5.17. The molecule has 0 fully saturated rings. The van der Waals surface area contributed by atoms with E-state index in [0.717, 1.165) is 5.56 Å². The first-order chi connectivity index (χ1) is 8.93. The van der Waals surface area contributed by atoms with Crippen molar-refractivity contribution >= 4 is 5.91 Å². The van der Waals surface area contributed by atoms with Gasteiger partial charge in [-0.05, 0) is 23.6 Å². The lowest BCUT2D eigenvalue weighted by molar-refractivity contribution is -0.131. The van der Waals surface area contributed by atoms with Gasteiger partial charge >= 0.3 is 0 Å². The van der Waals surface area contributed by atoms with Crippen LogP contribution in [-0.2, 0) is 11.3 Å². The Morgan fingerprint density at radius 2 is 1.95 bits per heavy atom. The average molecular weight is 259 g/mol. The van der Waals surface area contributed by atoms with Crippen molar-refractivity contribution in [1.29, 1.82) is 5.26 Å². The van der Waals surface area contributed by atoms with Crippen molar-refractivity contribution in [3.05, 3.63) is 35.4 Å². The van der Waals surface area contributed by atoms with E-state index in [9.17, 15) is 4.79 Å². The molecular weight excluding hydrogens is 238 g/mol. The van der Waals surface area contributed by atoms with Gasteiger partial charge in [0, 0.05) is 26.1 Å². The molecule has 1 aromatic rings. The summed E-state index contributed by atoms with van der Waals surface area (Å²) in [5.74, 6) is 0.345. The summed E-state index contributed by atoms with van der Waals surface area (Å²) in [5.41, 5.74) is 7.53. The number of rotatable bonds is 5. The van der Waals surface area contributed by atoms with Gasteiger partial charge in [0.25, 0.3) is 0 Å². The van der Waals surface area contributed by atoms with Gasteiger partial charge in [-0.1, -0.05) is 26.0 Å². The molecule has 1 aromatic carbocycles. The number of nitriles is 1. The zero-order chi connectivity index (χ0) is 14.4. The van der Waals surface area contributed by atoms with E-state index in [-0.39, 0.29) is 11.9 Å². The Hall–Kier alpha value is -1.86. The minimum Gasteiger partial charge on any atom is -0.341 e. The molecule has 1 atom stereocenters. The Bertz CT molecular complexity index is 459. The molecule has 1 rings (SSSR count). The lowest BCUT2D eigenvalue weighted by Gasteiger charge is -2.21. The largest absolute Gasteiger partial charge is 0.341 e. The number of benzene rings is 1. The highest BCUT2D eigenvalue weighted by Crippen LogP contribution is 2.09. The number of carbonyl (C=O) groups excluding carboxylic acids is 1. The Morgan fingerprint density at radius 1 is 1.37 bits per heavy atom. The molecule has 4 nitrogen and oxygen atoms in total. The van der Waals surface area contributed by atoms with E-state index in [1.54, 1.807) is 24.1 Å². The lowest BCUT2D eigenvalue weighted by atomic mass is 10.0. The van der Waals surface area contributed by atoms with Crippen LogP contribution in [0.4, 0.5) is 0 Å². The van der Waals surface area contributed by atoms with Crippen molar-refractivity contribution < 1.29 is 4.79 Å². The first-order valence-corrected chi connectivity index (χ1v) is 6.42. The van der Waals surface area contributed by atoms with Crippen LogP contribution in [0.5, 0.6) is 0 Å². The van der Waals surface area contributed by atoms with Gasteiger partial charge in [0.15, 0.2) is 0 Å². The van der Waals surface area contributed by atoms with Crippen LogP contribution in [0.1, 0.15) is 31.4 Å². The first-order valence-electron chi connectivity index (χ1n) is 6.42. The second-order valence-corrected chi connectivity index (χ2v) is 5.17. The van der Waals surface area contributed by atoms with Crippen LogP contribution in [0.3, 0.4) is 0 Å². The first kappa shape index (κ1) is 15.2. The second kappa shape index (κ2) is 6.91. The van der Waals surface area contributed by atoms with Crippen LogP contribution in [-0.4, -0.2) is 23.9 Å². The van der Waals surface area contributed by atoms with Gasteiger partial charge in [0.1, 0.15) is 0 Å². The van der Waals surface area contributed by atoms with Crippen LogP contribution >= 0.6 is 0 Å². The maximum absolute atomic E-state index is 12.0. The molecular formula is C15H21N3O. The standard InChI is InChI=1S/C15H21N3O/c1-11(2)14(17)8-15(19)18(3)10-13-6-4-12(9-16)5-7-13/h4-7,11,14H,8,10,17H2,1-3H3. The van der Waals surface area contributed by atoms with E-state index in [1.807, 2.05) is 26.0 Å². The number of nitrogens with zero attached hydrogens (tertiary/aromatic N) is 2. The summed E-state index contributed by atoms with van der Waals surface area (Å²) < 4.78 is 0. The highest BCUT2D eigenvalue weighted by atomic mass is 16.2. The van der Waals surface area contributed by atoms with E-state index < -0.39 is 0 Å². The molecule has 1 amide bonds. The number of nitrogens with two attached hydrogens (primary N) is 1.